The van der Waals surface area contributed by atoms with Gasteiger partial charge in [-0.15, -0.1) is 11.3 Å². The molecule has 14 heavy (non-hydrogen) atoms. The SMILES string of the molecule is CC(C)[C@H](NCC(N)=O)c1cccs1. The van der Waals surface area contributed by atoms with E-state index in [1.807, 2.05) is 11.4 Å². The van der Waals surface area contributed by atoms with Gasteiger partial charge in [-0.1, -0.05) is 19.9 Å². The zero-order chi connectivity index (χ0) is 10.6. The molecule has 1 amide bonds. The van der Waals surface area contributed by atoms with Crippen molar-refractivity contribution < 1.29 is 4.79 Å². The summed E-state index contributed by atoms with van der Waals surface area (Å²) >= 11 is 1.70. The van der Waals surface area contributed by atoms with Crippen LogP contribution < -0.4 is 11.1 Å². The molecule has 0 aliphatic heterocycles. The summed E-state index contributed by atoms with van der Waals surface area (Å²) in [4.78, 5) is 11.9. The molecule has 1 rings (SSSR count). The Morgan fingerprint density at radius 3 is 2.79 bits per heavy atom. The van der Waals surface area contributed by atoms with E-state index >= 15 is 0 Å². The molecule has 0 unspecified atom stereocenters. The minimum absolute atomic E-state index is 0.225. The van der Waals surface area contributed by atoms with Gasteiger partial charge in [0, 0.05) is 10.9 Å². The summed E-state index contributed by atoms with van der Waals surface area (Å²) in [5.74, 6) is 0.139. The van der Waals surface area contributed by atoms with Gasteiger partial charge >= 0.3 is 0 Å². The van der Waals surface area contributed by atoms with Crippen LogP contribution in [0.1, 0.15) is 24.8 Å². The molecule has 1 atom stereocenters. The fourth-order valence-electron chi connectivity index (χ4n) is 1.34. The number of nitrogens with one attached hydrogen (secondary N) is 1. The molecule has 0 bridgehead atoms. The fourth-order valence-corrected chi connectivity index (χ4v) is 2.32. The standard InChI is InChI=1S/C10H16N2OS/c1-7(2)10(12-6-9(11)13)8-4-3-5-14-8/h3-5,7,10,12H,6H2,1-2H3,(H2,11,13)/t10-/m0/s1. The van der Waals surface area contributed by atoms with Crippen LogP contribution in [0.2, 0.25) is 0 Å². The molecule has 0 radical (unpaired) electrons. The zero-order valence-electron chi connectivity index (χ0n) is 8.49. The molecule has 0 saturated heterocycles. The van der Waals surface area contributed by atoms with Crippen molar-refractivity contribution in [2.45, 2.75) is 19.9 Å². The highest BCUT2D eigenvalue weighted by Crippen LogP contribution is 2.25. The summed E-state index contributed by atoms with van der Waals surface area (Å²) in [6, 6.07) is 4.31. The molecular formula is C10H16N2OS. The molecule has 0 aromatic carbocycles. The summed E-state index contributed by atoms with van der Waals surface area (Å²) in [5.41, 5.74) is 5.10. The Morgan fingerprint density at radius 1 is 1.64 bits per heavy atom. The van der Waals surface area contributed by atoms with E-state index in [0.29, 0.717) is 5.92 Å². The number of amides is 1. The summed E-state index contributed by atoms with van der Waals surface area (Å²) in [7, 11) is 0. The number of hydrogen-bond donors (Lipinski definition) is 2. The van der Waals surface area contributed by atoms with E-state index < -0.39 is 0 Å². The molecule has 1 aromatic rings. The molecule has 3 nitrogen and oxygen atoms in total. The highest BCUT2D eigenvalue weighted by molar-refractivity contribution is 7.10. The van der Waals surface area contributed by atoms with E-state index in [-0.39, 0.29) is 18.5 Å². The number of primary amides is 1. The summed E-state index contributed by atoms with van der Waals surface area (Å²) in [6.07, 6.45) is 0. The van der Waals surface area contributed by atoms with Crippen LogP contribution in [-0.2, 0) is 4.79 Å². The second-order valence-corrected chi connectivity index (χ2v) is 4.56. The van der Waals surface area contributed by atoms with Crippen LogP contribution >= 0.6 is 11.3 Å². The highest BCUT2D eigenvalue weighted by Gasteiger charge is 2.16. The lowest BCUT2D eigenvalue weighted by Crippen LogP contribution is -2.33. The van der Waals surface area contributed by atoms with E-state index in [0.717, 1.165) is 0 Å². The number of carbonyl (C=O) groups is 1. The lowest BCUT2D eigenvalue weighted by Gasteiger charge is -2.20. The number of carbonyl (C=O) groups excluding carboxylic acids is 1. The maximum atomic E-state index is 10.7. The Kier molecular flexibility index (Phi) is 4.10. The molecule has 0 saturated carbocycles. The molecule has 78 valence electrons. The van der Waals surface area contributed by atoms with Crippen LogP contribution in [0.5, 0.6) is 0 Å². The van der Waals surface area contributed by atoms with Gasteiger partial charge in [0.15, 0.2) is 0 Å². The maximum absolute atomic E-state index is 10.7. The van der Waals surface area contributed by atoms with Crippen molar-refractivity contribution in [1.29, 1.82) is 0 Å². The van der Waals surface area contributed by atoms with Crippen molar-refractivity contribution in [2.75, 3.05) is 6.54 Å². The number of nitrogens with two attached hydrogens (primary N) is 1. The molecule has 1 aromatic heterocycles. The second kappa shape index (κ2) is 5.12. The largest absolute Gasteiger partial charge is 0.369 e. The second-order valence-electron chi connectivity index (χ2n) is 3.58. The predicted molar refractivity (Wildman–Crippen MR) is 59.1 cm³/mol. The number of thiophene rings is 1. The zero-order valence-corrected chi connectivity index (χ0v) is 9.30. The first-order valence-corrected chi connectivity index (χ1v) is 5.54. The molecule has 0 fully saturated rings. The Morgan fingerprint density at radius 2 is 2.36 bits per heavy atom. The first-order valence-electron chi connectivity index (χ1n) is 4.66. The average molecular weight is 212 g/mol. The van der Waals surface area contributed by atoms with Crippen LogP contribution in [0.15, 0.2) is 17.5 Å². The van der Waals surface area contributed by atoms with Crippen molar-refractivity contribution >= 4 is 17.2 Å². The normalized spacial score (nSPS) is 13.1. The van der Waals surface area contributed by atoms with Crippen molar-refractivity contribution in [2.24, 2.45) is 11.7 Å². The van der Waals surface area contributed by atoms with Crippen LogP contribution in [0.25, 0.3) is 0 Å². The van der Waals surface area contributed by atoms with Crippen molar-refractivity contribution in [3.8, 4) is 0 Å². The molecule has 0 aliphatic rings. The maximum Gasteiger partial charge on any atom is 0.231 e. The molecule has 0 aliphatic carbocycles. The Labute approximate surface area is 88.3 Å². The summed E-state index contributed by atoms with van der Waals surface area (Å²) in [6.45, 7) is 4.48. The topological polar surface area (TPSA) is 55.1 Å². The van der Waals surface area contributed by atoms with E-state index in [4.69, 9.17) is 5.73 Å². The minimum atomic E-state index is -0.313. The van der Waals surface area contributed by atoms with Gasteiger partial charge in [0.05, 0.1) is 6.54 Å². The Hall–Kier alpha value is -0.870. The van der Waals surface area contributed by atoms with E-state index in [2.05, 4.69) is 25.2 Å². The van der Waals surface area contributed by atoms with Gasteiger partial charge in [-0.25, -0.2) is 0 Å². The lowest BCUT2D eigenvalue weighted by molar-refractivity contribution is -0.117. The van der Waals surface area contributed by atoms with Gasteiger partial charge in [0.25, 0.3) is 0 Å². The molecule has 0 spiro atoms. The number of rotatable bonds is 5. The number of hydrogen-bond acceptors (Lipinski definition) is 3. The van der Waals surface area contributed by atoms with Gasteiger partial charge in [0.2, 0.25) is 5.91 Å². The third-order valence-corrected chi connectivity index (χ3v) is 2.97. The van der Waals surface area contributed by atoms with Gasteiger partial charge in [-0.05, 0) is 17.4 Å². The fraction of sp³-hybridized carbons (Fsp3) is 0.500. The molecule has 1 heterocycles. The quantitative estimate of drug-likeness (QED) is 0.777. The third kappa shape index (κ3) is 3.12. The Balaban J connectivity index is 2.61. The van der Waals surface area contributed by atoms with Crippen molar-refractivity contribution in [3.05, 3.63) is 22.4 Å². The van der Waals surface area contributed by atoms with Gasteiger partial charge in [-0.2, -0.15) is 0 Å². The summed E-state index contributed by atoms with van der Waals surface area (Å²) in [5, 5.41) is 5.20. The van der Waals surface area contributed by atoms with Crippen molar-refractivity contribution in [1.82, 2.24) is 5.32 Å². The molecule has 3 N–H and O–H groups in total. The van der Waals surface area contributed by atoms with Crippen LogP contribution in [0, 0.1) is 5.92 Å². The van der Waals surface area contributed by atoms with E-state index in [1.54, 1.807) is 11.3 Å². The van der Waals surface area contributed by atoms with E-state index in [1.165, 1.54) is 4.88 Å². The van der Waals surface area contributed by atoms with Gasteiger partial charge in [-0.3, -0.25) is 4.79 Å². The first kappa shape index (κ1) is 11.2. The average Bonchev–Trinajstić information content (AvgIpc) is 2.56. The van der Waals surface area contributed by atoms with E-state index in [9.17, 15) is 4.79 Å². The van der Waals surface area contributed by atoms with Crippen LogP contribution in [0.4, 0.5) is 0 Å². The molecule has 4 heteroatoms. The van der Waals surface area contributed by atoms with Crippen LogP contribution in [0.3, 0.4) is 0 Å². The monoisotopic (exact) mass is 212 g/mol. The van der Waals surface area contributed by atoms with Gasteiger partial charge in [0.1, 0.15) is 0 Å². The highest BCUT2D eigenvalue weighted by atomic mass is 32.1. The smallest absolute Gasteiger partial charge is 0.231 e. The third-order valence-electron chi connectivity index (χ3n) is 2.01. The summed E-state index contributed by atoms with van der Waals surface area (Å²) < 4.78 is 0. The minimum Gasteiger partial charge on any atom is -0.369 e. The van der Waals surface area contributed by atoms with Crippen LogP contribution in [-0.4, -0.2) is 12.5 Å². The lowest BCUT2D eigenvalue weighted by atomic mass is 10.0. The van der Waals surface area contributed by atoms with Gasteiger partial charge < -0.3 is 11.1 Å². The van der Waals surface area contributed by atoms with Crippen molar-refractivity contribution in [3.63, 3.8) is 0 Å². The first-order chi connectivity index (χ1) is 6.61. The Bertz CT molecular complexity index is 282. The molecular weight excluding hydrogens is 196 g/mol. The predicted octanol–water partition coefficient (Wildman–Crippen LogP) is 1.52.